The number of hydrogen-bond donors (Lipinski definition) is 2. The number of aliphatic imine (C=N–C) groups is 1. The Labute approximate surface area is 237 Å². The number of amides is 2. The van der Waals surface area contributed by atoms with E-state index in [-0.39, 0.29) is 23.5 Å². The number of nitrogens with two attached hydrogens (primary N) is 1. The molecule has 5 aliphatic rings. The van der Waals surface area contributed by atoms with Gasteiger partial charge in [0.2, 0.25) is 5.91 Å². The summed E-state index contributed by atoms with van der Waals surface area (Å²) >= 11 is 0. The predicted molar refractivity (Wildman–Crippen MR) is 147 cm³/mol. The normalized spacial score (nSPS) is 28.3. The van der Waals surface area contributed by atoms with Crippen molar-refractivity contribution in [3.8, 4) is 5.75 Å². The van der Waals surface area contributed by atoms with Gasteiger partial charge in [0.25, 0.3) is 11.8 Å². The molecule has 0 spiro atoms. The Hall–Kier alpha value is -3.56. The first-order chi connectivity index (χ1) is 19.3. The standard InChI is InChI=1S/C31H35F3N4O3/c1-4-30-10-6-5-7-17-8-9-24-19(11-17)22(14-29(2,3)41-24)36-27(40)18-12-20-23(38(25(39)16-30)28(35)37-30)15-31(33,34)26(20)21(32)13-18/h8-9,11-13,22-23H,4-7,10,14-16H2,1-3H3,(H2,35,37)(H,36,40)/t22-,23?,30+/m0/s1. The molecular weight excluding hydrogens is 533 g/mol. The van der Waals surface area contributed by atoms with Gasteiger partial charge in [-0.25, -0.2) is 18.2 Å². The van der Waals surface area contributed by atoms with Crippen molar-refractivity contribution >= 4 is 17.8 Å². The summed E-state index contributed by atoms with van der Waals surface area (Å²) in [5, 5.41) is 3.00. The van der Waals surface area contributed by atoms with Crippen molar-refractivity contribution in [2.24, 2.45) is 10.7 Å². The first-order valence-electron chi connectivity index (χ1n) is 14.3. The summed E-state index contributed by atoms with van der Waals surface area (Å²) in [6.45, 7) is 5.80. The molecule has 3 atom stereocenters. The van der Waals surface area contributed by atoms with E-state index in [1.807, 2.05) is 39.0 Å². The Morgan fingerprint density at radius 2 is 1.90 bits per heavy atom. The van der Waals surface area contributed by atoms with Crippen LogP contribution in [0.3, 0.4) is 0 Å². The molecule has 0 aromatic heterocycles. The van der Waals surface area contributed by atoms with E-state index in [9.17, 15) is 9.59 Å². The molecule has 3 N–H and O–H groups in total. The lowest BCUT2D eigenvalue weighted by atomic mass is 9.84. The molecule has 41 heavy (non-hydrogen) atoms. The minimum atomic E-state index is -3.54. The number of halogens is 3. The van der Waals surface area contributed by atoms with E-state index in [0.29, 0.717) is 25.0 Å². The number of carbonyl (C=O) groups excluding carboxylic acids is 2. The number of hydrogen-bond acceptors (Lipinski definition) is 5. The third-order valence-corrected chi connectivity index (χ3v) is 9.07. The van der Waals surface area contributed by atoms with Crippen LogP contribution in [-0.4, -0.2) is 33.8 Å². The molecule has 7 rings (SSSR count). The monoisotopic (exact) mass is 568 g/mol. The molecule has 7 nitrogen and oxygen atoms in total. The molecule has 1 unspecified atom stereocenters. The molecule has 2 amide bonds. The van der Waals surface area contributed by atoms with Gasteiger partial charge < -0.3 is 15.8 Å². The maximum absolute atomic E-state index is 15.4. The molecule has 0 saturated carbocycles. The smallest absolute Gasteiger partial charge is 0.278 e. The summed E-state index contributed by atoms with van der Waals surface area (Å²) < 4.78 is 52.0. The maximum Gasteiger partial charge on any atom is 0.278 e. The van der Waals surface area contributed by atoms with Crippen molar-refractivity contribution in [2.75, 3.05) is 0 Å². The highest BCUT2D eigenvalue weighted by Crippen LogP contribution is 2.52. The first-order valence-corrected chi connectivity index (χ1v) is 14.3. The predicted octanol–water partition coefficient (Wildman–Crippen LogP) is 5.82. The topological polar surface area (TPSA) is 97.0 Å². The number of benzene rings is 2. The third-order valence-electron chi connectivity index (χ3n) is 9.07. The number of nitrogens with zero attached hydrogens (tertiary/aromatic N) is 2. The number of aryl methyl sites for hydroxylation is 1. The summed E-state index contributed by atoms with van der Waals surface area (Å²) in [7, 11) is 0. The fourth-order valence-corrected chi connectivity index (χ4v) is 7.00. The lowest BCUT2D eigenvalue weighted by Crippen LogP contribution is -2.52. The van der Waals surface area contributed by atoms with Gasteiger partial charge in [-0.1, -0.05) is 25.5 Å². The summed E-state index contributed by atoms with van der Waals surface area (Å²) in [6.07, 6.45) is 3.27. The number of nitrogens with one attached hydrogen (secondary N) is 1. The number of guanidine groups is 1. The van der Waals surface area contributed by atoms with Gasteiger partial charge in [0.15, 0.2) is 5.96 Å². The van der Waals surface area contributed by atoms with Crippen LogP contribution in [-0.2, 0) is 17.1 Å². The zero-order valence-corrected chi connectivity index (χ0v) is 23.5. The fraction of sp³-hybridized carbons (Fsp3) is 0.516. The number of ether oxygens (including phenoxy) is 1. The van der Waals surface area contributed by atoms with E-state index in [4.69, 9.17) is 15.5 Å². The van der Waals surface area contributed by atoms with Gasteiger partial charge in [-0.05, 0) is 68.9 Å². The van der Waals surface area contributed by atoms with Crippen molar-refractivity contribution in [1.29, 1.82) is 0 Å². The number of fused-ring (bicyclic) bond motifs is 5. The summed E-state index contributed by atoms with van der Waals surface area (Å²) in [5.74, 6) is -5.22. The number of carbonyl (C=O) groups is 2. The van der Waals surface area contributed by atoms with Crippen molar-refractivity contribution in [3.05, 3.63) is 64.0 Å². The molecule has 1 aliphatic carbocycles. The molecule has 218 valence electrons. The number of rotatable bonds is 1. The average Bonchev–Trinajstić information content (AvgIpc) is 3.15. The quantitative estimate of drug-likeness (QED) is 0.453. The van der Waals surface area contributed by atoms with Crippen LogP contribution in [0.4, 0.5) is 13.2 Å². The van der Waals surface area contributed by atoms with Crippen LogP contribution in [0, 0.1) is 5.82 Å². The van der Waals surface area contributed by atoms with Crippen molar-refractivity contribution in [2.45, 2.75) is 101 Å². The first kappa shape index (κ1) is 27.6. The minimum Gasteiger partial charge on any atom is -0.487 e. The fourth-order valence-electron chi connectivity index (χ4n) is 7.00. The van der Waals surface area contributed by atoms with Gasteiger partial charge in [-0.2, -0.15) is 0 Å². The zero-order chi connectivity index (χ0) is 29.3. The summed E-state index contributed by atoms with van der Waals surface area (Å²) in [4.78, 5) is 32.9. The Morgan fingerprint density at radius 1 is 1.12 bits per heavy atom. The van der Waals surface area contributed by atoms with E-state index in [2.05, 4.69) is 5.32 Å². The van der Waals surface area contributed by atoms with Crippen LogP contribution >= 0.6 is 0 Å². The molecule has 4 aliphatic heterocycles. The van der Waals surface area contributed by atoms with E-state index in [1.54, 1.807) is 0 Å². The lowest BCUT2D eigenvalue weighted by Gasteiger charge is -2.40. The van der Waals surface area contributed by atoms with Gasteiger partial charge in [0.05, 0.1) is 29.6 Å². The second-order valence-electron chi connectivity index (χ2n) is 12.5. The van der Waals surface area contributed by atoms with Gasteiger partial charge in [-0.3, -0.25) is 14.5 Å². The molecule has 4 heterocycles. The molecule has 10 heteroatoms. The van der Waals surface area contributed by atoms with Crippen molar-refractivity contribution < 1.29 is 27.5 Å². The Bertz CT molecular complexity index is 1470. The number of alkyl halides is 2. The van der Waals surface area contributed by atoms with Crippen LogP contribution in [0.1, 0.15) is 110 Å². The Kier molecular flexibility index (Phi) is 6.39. The van der Waals surface area contributed by atoms with Gasteiger partial charge >= 0.3 is 0 Å². The SMILES string of the molecule is CC[C@@]12CCCCc3ccc4c(c3)[C@H](CC(C)(C)O4)NC(=O)c3cc(F)c4c(c3)C(CC4(F)F)N(C(=O)C1)C(N)=N2. The van der Waals surface area contributed by atoms with E-state index in [1.165, 1.54) is 6.07 Å². The van der Waals surface area contributed by atoms with Gasteiger partial charge in [0.1, 0.15) is 17.2 Å². The molecule has 0 fully saturated rings. The highest BCUT2D eigenvalue weighted by molar-refractivity contribution is 6.00. The molecule has 2 aromatic carbocycles. The van der Waals surface area contributed by atoms with Gasteiger partial charge in [-0.15, -0.1) is 0 Å². The highest BCUT2D eigenvalue weighted by atomic mass is 19.3. The molecule has 0 saturated heterocycles. The Balaban J connectivity index is 1.48. The molecule has 2 aromatic rings. The third kappa shape index (κ3) is 4.75. The zero-order valence-electron chi connectivity index (χ0n) is 23.5. The van der Waals surface area contributed by atoms with Crippen LogP contribution in [0.2, 0.25) is 0 Å². The van der Waals surface area contributed by atoms with E-state index < -0.39 is 58.8 Å². The average molecular weight is 569 g/mol. The lowest BCUT2D eigenvalue weighted by molar-refractivity contribution is -0.132. The minimum absolute atomic E-state index is 0.0257. The molecule has 0 radical (unpaired) electrons. The van der Waals surface area contributed by atoms with E-state index in [0.717, 1.165) is 41.4 Å². The largest absolute Gasteiger partial charge is 0.487 e. The van der Waals surface area contributed by atoms with Crippen molar-refractivity contribution in [1.82, 2.24) is 10.2 Å². The second kappa shape index (κ2) is 9.49. The maximum atomic E-state index is 15.4. The van der Waals surface area contributed by atoms with Crippen LogP contribution in [0.15, 0.2) is 35.3 Å². The van der Waals surface area contributed by atoms with Crippen LogP contribution < -0.4 is 15.8 Å². The highest BCUT2D eigenvalue weighted by Gasteiger charge is 2.53. The molecule has 6 bridgehead atoms. The molecular formula is C31H35F3N4O3. The van der Waals surface area contributed by atoms with Crippen molar-refractivity contribution in [3.63, 3.8) is 0 Å². The van der Waals surface area contributed by atoms with Gasteiger partial charge in [0, 0.05) is 24.0 Å². The van der Waals surface area contributed by atoms with Crippen LogP contribution in [0.25, 0.3) is 0 Å². The second-order valence-corrected chi connectivity index (χ2v) is 12.5. The Morgan fingerprint density at radius 3 is 2.63 bits per heavy atom. The van der Waals surface area contributed by atoms with Crippen LogP contribution in [0.5, 0.6) is 5.75 Å². The van der Waals surface area contributed by atoms with E-state index >= 15 is 13.2 Å². The summed E-state index contributed by atoms with van der Waals surface area (Å²) in [5.41, 5.74) is 5.92. The summed E-state index contributed by atoms with van der Waals surface area (Å²) in [6, 6.07) is 6.42.